The molecule has 0 bridgehead atoms. The summed E-state index contributed by atoms with van der Waals surface area (Å²) in [4.78, 5) is 27.3. The number of nitrogens with one attached hydrogen (secondary N) is 1. The zero-order valence-electron chi connectivity index (χ0n) is 15.2. The molecule has 0 aromatic heterocycles. The molecule has 5 heteroatoms. The number of hydrogen-bond donors (Lipinski definition) is 1. The lowest BCUT2D eigenvalue weighted by atomic mass is 9.95. The molecule has 2 aliphatic rings. The van der Waals surface area contributed by atoms with E-state index in [2.05, 4.69) is 31.3 Å². The number of carbonyl (C=O) groups excluding carboxylic acids is 2. The maximum absolute atomic E-state index is 13.1. The number of fused-ring (bicyclic) bond motifs is 2. The van der Waals surface area contributed by atoms with Crippen molar-refractivity contribution in [3.8, 4) is 11.1 Å². The van der Waals surface area contributed by atoms with E-state index in [1.807, 2.05) is 24.3 Å². The van der Waals surface area contributed by atoms with Crippen molar-refractivity contribution >= 4 is 17.5 Å². The third-order valence-corrected chi connectivity index (χ3v) is 5.58. The van der Waals surface area contributed by atoms with E-state index in [0.29, 0.717) is 24.2 Å². The molecule has 0 radical (unpaired) electrons. The van der Waals surface area contributed by atoms with Crippen LogP contribution in [0.15, 0.2) is 36.4 Å². The van der Waals surface area contributed by atoms with Gasteiger partial charge in [0, 0.05) is 20.1 Å². The Morgan fingerprint density at radius 2 is 1.92 bits per heavy atom. The average Bonchev–Trinajstić information content (AvgIpc) is 3.05. The van der Waals surface area contributed by atoms with Crippen LogP contribution in [0.25, 0.3) is 11.1 Å². The average molecular weight is 350 g/mol. The lowest BCUT2D eigenvalue weighted by Gasteiger charge is -2.20. The summed E-state index contributed by atoms with van der Waals surface area (Å²) in [5.74, 6) is -0.258. The number of carbonyl (C=O) groups is 2. The van der Waals surface area contributed by atoms with Crippen LogP contribution in [-0.4, -0.2) is 42.5 Å². The number of nitrogens with zero attached hydrogens (tertiary/aromatic N) is 1. The zero-order chi connectivity index (χ0) is 18.4. The van der Waals surface area contributed by atoms with E-state index in [4.69, 9.17) is 4.74 Å². The van der Waals surface area contributed by atoms with Gasteiger partial charge in [-0.05, 0) is 48.2 Å². The zero-order valence-corrected chi connectivity index (χ0v) is 15.2. The Balaban J connectivity index is 1.79. The number of hydrogen-bond acceptors (Lipinski definition) is 3. The molecule has 0 spiro atoms. The Morgan fingerprint density at radius 3 is 2.69 bits per heavy atom. The first kappa shape index (κ1) is 16.8. The third kappa shape index (κ3) is 2.59. The van der Waals surface area contributed by atoms with Gasteiger partial charge in [-0.3, -0.25) is 9.59 Å². The molecular weight excluding hydrogens is 328 g/mol. The van der Waals surface area contributed by atoms with Crippen molar-refractivity contribution in [1.29, 1.82) is 0 Å². The molecule has 2 aromatic carbocycles. The fourth-order valence-corrected chi connectivity index (χ4v) is 3.87. The monoisotopic (exact) mass is 350 g/mol. The van der Waals surface area contributed by atoms with Gasteiger partial charge in [0.05, 0.1) is 17.4 Å². The molecule has 2 atom stereocenters. The lowest BCUT2D eigenvalue weighted by molar-refractivity contribution is -0.119. The number of ether oxygens (including phenoxy) is 1. The van der Waals surface area contributed by atoms with Gasteiger partial charge in [-0.15, -0.1) is 0 Å². The molecule has 2 aliphatic heterocycles. The molecule has 1 N–H and O–H groups in total. The highest BCUT2D eigenvalue weighted by atomic mass is 16.5. The molecule has 26 heavy (non-hydrogen) atoms. The first-order chi connectivity index (χ1) is 12.5. The quantitative estimate of drug-likeness (QED) is 0.905. The standard InChI is InChI=1S/C21H22N2O3/c1-12-5-4-6-16(13(12)2)14-7-8-18-17(9-14)21(25)23-11-15(26-3)10-19(23)20(24)22-18/h4-9,15,19H,10-11H2,1-3H3,(H,22,24). The summed E-state index contributed by atoms with van der Waals surface area (Å²) in [6.45, 7) is 4.60. The van der Waals surface area contributed by atoms with E-state index in [1.54, 1.807) is 12.0 Å². The van der Waals surface area contributed by atoms with Crippen molar-refractivity contribution in [3.63, 3.8) is 0 Å². The van der Waals surface area contributed by atoms with Crippen LogP contribution in [0.2, 0.25) is 0 Å². The minimum atomic E-state index is -0.469. The minimum Gasteiger partial charge on any atom is -0.380 e. The second kappa shape index (κ2) is 6.25. The molecule has 2 aromatic rings. The molecule has 1 fully saturated rings. The molecule has 0 saturated carbocycles. The molecule has 0 aliphatic carbocycles. The summed E-state index contributed by atoms with van der Waals surface area (Å²) in [6.07, 6.45) is 0.435. The van der Waals surface area contributed by atoms with Crippen molar-refractivity contribution in [3.05, 3.63) is 53.1 Å². The minimum absolute atomic E-state index is 0.0987. The van der Waals surface area contributed by atoms with Crippen molar-refractivity contribution in [2.24, 2.45) is 0 Å². The summed E-state index contributed by atoms with van der Waals surface area (Å²) >= 11 is 0. The summed E-state index contributed by atoms with van der Waals surface area (Å²) in [5, 5.41) is 2.92. The maximum Gasteiger partial charge on any atom is 0.256 e. The Morgan fingerprint density at radius 1 is 1.12 bits per heavy atom. The van der Waals surface area contributed by atoms with Crippen molar-refractivity contribution in [1.82, 2.24) is 4.90 Å². The predicted molar refractivity (Wildman–Crippen MR) is 100 cm³/mol. The highest BCUT2D eigenvalue weighted by molar-refractivity contribution is 6.10. The molecule has 134 valence electrons. The Hall–Kier alpha value is -2.66. The molecule has 2 amide bonds. The second-order valence-electron chi connectivity index (χ2n) is 7.06. The van der Waals surface area contributed by atoms with Crippen LogP contribution in [0.3, 0.4) is 0 Å². The van der Waals surface area contributed by atoms with Crippen LogP contribution in [0.5, 0.6) is 0 Å². The fraction of sp³-hybridized carbons (Fsp3) is 0.333. The van der Waals surface area contributed by atoms with Gasteiger partial charge in [0.1, 0.15) is 6.04 Å². The van der Waals surface area contributed by atoms with Crippen LogP contribution >= 0.6 is 0 Å². The number of rotatable bonds is 2. The van der Waals surface area contributed by atoms with Gasteiger partial charge in [-0.25, -0.2) is 0 Å². The van der Waals surface area contributed by atoms with E-state index < -0.39 is 6.04 Å². The number of amides is 2. The Kier molecular flexibility index (Phi) is 4.04. The van der Waals surface area contributed by atoms with Crippen molar-refractivity contribution in [2.45, 2.75) is 32.4 Å². The van der Waals surface area contributed by atoms with Gasteiger partial charge in [-0.2, -0.15) is 0 Å². The predicted octanol–water partition coefficient (Wildman–Crippen LogP) is 3.15. The molecule has 1 saturated heterocycles. The normalized spacial score (nSPS) is 21.9. The van der Waals surface area contributed by atoms with Gasteiger partial charge in [-0.1, -0.05) is 24.3 Å². The van der Waals surface area contributed by atoms with Gasteiger partial charge in [0.15, 0.2) is 0 Å². The highest BCUT2D eigenvalue weighted by Gasteiger charge is 2.42. The Bertz CT molecular complexity index is 906. The topological polar surface area (TPSA) is 58.6 Å². The summed E-state index contributed by atoms with van der Waals surface area (Å²) < 4.78 is 5.38. The number of anilines is 1. The Labute approximate surface area is 153 Å². The largest absolute Gasteiger partial charge is 0.380 e. The highest BCUT2D eigenvalue weighted by Crippen LogP contribution is 2.34. The summed E-state index contributed by atoms with van der Waals surface area (Å²) in [6, 6.07) is 11.4. The van der Waals surface area contributed by atoms with E-state index in [1.165, 1.54) is 11.1 Å². The maximum atomic E-state index is 13.1. The van der Waals surface area contributed by atoms with Crippen molar-refractivity contribution in [2.75, 3.05) is 19.0 Å². The van der Waals surface area contributed by atoms with Crippen LogP contribution in [0, 0.1) is 13.8 Å². The van der Waals surface area contributed by atoms with E-state index >= 15 is 0 Å². The van der Waals surface area contributed by atoms with E-state index in [0.717, 1.165) is 11.1 Å². The third-order valence-electron chi connectivity index (χ3n) is 5.58. The summed E-state index contributed by atoms with van der Waals surface area (Å²) in [5.41, 5.74) is 5.60. The SMILES string of the molecule is COC1CC2C(=O)Nc3ccc(-c4cccc(C)c4C)cc3C(=O)N2C1. The summed E-state index contributed by atoms with van der Waals surface area (Å²) in [7, 11) is 1.62. The smallest absolute Gasteiger partial charge is 0.256 e. The first-order valence-corrected chi connectivity index (χ1v) is 8.85. The van der Waals surface area contributed by atoms with Crippen LogP contribution < -0.4 is 5.32 Å². The first-order valence-electron chi connectivity index (χ1n) is 8.85. The van der Waals surface area contributed by atoms with Gasteiger partial charge >= 0.3 is 0 Å². The number of benzene rings is 2. The second-order valence-corrected chi connectivity index (χ2v) is 7.06. The van der Waals surface area contributed by atoms with Crippen molar-refractivity contribution < 1.29 is 14.3 Å². The van der Waals surface area contributed by atoms with E-state index in [9.17, 15) is 9.59 Å². The van der Waals surface area contributed by atoms with Crippen LogP contribution in [0.1, 0.15) is 27.9 Å². The molecule has 2 unspecified atom stereocenters. The number of methoxy groups -OCH3 is 1. The van der Waals surface area contributed by atoms with Crippen LogP contribution in [-0.2, 0) is 9.53 Å². The number of aryl methyl sites for hydroxylation is 1. The molecule has 2 heterocycles. The van der Waals surface area contributed by atoms with Gasteiger partial charge in [0.25, 0.3) is 5.91 Å². The molecular formula is C21H22N2O3. The lowest BCUT2D eigenvalue weighted by Crippen LogP contribution is -2.40. The molecule has 5 nitrogen and oxygen atoms in total. The van der Waals surface area contributed by atoms with Gasteiger partial charge in [0.2, 0.25) is 5.91 Å². The molecule has 4 rings (SSSR count). The van der Waals surface area contributed by atoms with Crippen LogP contribution in [0.4, 0.5) is 5.69 Å². The van der Waals surface area contributed by atoms with E-state index in [-0.39, 0.29) is 17.9 Å². The fourth-order valence-electron chi connectivity index (χ4n) is 3.87. The van der Waals surface area contributed by atoms with Gasteiger partial charge < -0.3 is 15.0 Å².